The number of aliphatic hydroxyl groups is 1. The van der Waals surface area contributed by atoms with Crippen LogP contribution in [0.2, 0.25) is 0 Å². The number of ether oxygens (including phenoxy) is 1. The number of thioether (sulfide) groups is 1. The molecule has 0 radical (unpaired) electrons. The first-order chi connectivity index (χ1) is 10.5. The number of carboxylic acids is 1. The van der Waals surface area contributed by atoms with Crippen molar-refractivity contribution >= 4 is 17.7 Å². The minimum atomic E-state index is -1.14. The number of carboxylic acid groups (broad SMARTS) is 1. The highest BCUT2D eigenvalue weighted by atomic mass is 32.2. The Morgan fingerprint density at radius 2 is 2.14 bits per heavy atom. The molecule has 0 bridgehead atoms. The molecule has 0 unspecified atom stereocenters. The van der Waals surface area contributed by atoms with Gasteiger partial charge in [0.2, 0.25) is 0 Å². The summed E-state index contributed by atoms with van der Waals surface area (Å²) in [6, 6.07) is 7.56. The van der Waals surface area contributed by atoms with Gasteiger partial charge in [-0.25, -0.2) is 4.98 Å². The van der Waals surface area contributed by atoms with Crippen LogP contribution in [-0.2, 0) is 17.9 Å². The van der Waals surface area contributed by atoms with Gasteiger partial charge in [-0.1, -0.05) is 23.9 Å². The molecule has 1 heterocycles. The van der Waals surface area contributed by atoms with E-state index >= 15 is 0 Å². The largest absolute Gasteiger partial charge is 0.549 e. The van der Waals surface area contributed by atoms with Crippen LogP contribution in [0.1, 0.15) is 18.2 Å². The summed E-state index contributed by atoms with van der Waals surface area (Å²) < 4.78 is 6.93. The van der Waals surface area contributed by atoms with Gasteiger partial charge in [0.25, 0.3) is 0 Å². The number of aliphatic hydroxyl groups excluding tert-OH is 1. The minimum Gasteiger partial charge on any atom is -0.549 e. The van der Waals surface area contributed by atoms with Crippen LogP contribution in [0.5, 0.6) is 5.75 Å². The molecule has 0 saturated carbocycles. The normalized spacial score (nSPS) is 12.1. The number of carbonyl (C=O) groups excluding carboxylic acids is 1. The van der Waals surface area contributed by atoms with Crippen LogP contribution >= 0.6 is 11.8 Å². The highest BCUT2D eigenvalue weighted by Crippen LogP contribution is 2.24. The average molecular weight is 321 g/mol. The molecule has 22 heavy (non-hydrogen) atoms. The van der Waals surface area contributed by atoms with Crippen molar-refractivity contribution in [1.29, 1.82) is 0 Å². The zero-order chi connectivity index (χ0) is 16.1. The molecule has 1 atom stereocenters. The first-order valence-corrected chi connectivity index (χ1v) is 7.58. The maximum atomic E-state index is 10.9. The quantitative estimate of drug-likeness (QED) is 0.754. The summed E-state index contributed by atoms with van der Waals surface area (Å²) in [4.78, 5) is 15.1. The lowest BCUT2D eigenvalue weighted by Crippen LogP contribution is -2.31. The fourth-order valence-electron chi connectivity index (χ4n) is 1.87. The van der Waals surface area contributed by atoms with E-state index in [9.17, 15) is 15.0 Å². The maximum Gasteiger partial charge on any atom is 0.169 e. The number of hydrogen-bond donors (Lipinski definition) is 1. The van der Waals surface area contributed by atoms with Crippen molar-refractivity contribution in [2.75, 3.05) is 7.11 Å². The van der Waals surface area contributed by atoms with Crippen molar-refractivity contribution in [2.45, 2.75) is 30.5 Å². The summed E-state index contributed by atoms with van der Waals surface area (Å²) >= 11 is 1.10. The summed E-state index contributed by atoms with van der Waals surface area (Å²) in [6.45, 7) is 1.88. The number of nitrogens with zero attached hydrogens (tertiary/aromatic N) is 2. The standard InChI is InChI=1S/C15H18N2O4S/c1-10(14(19)20)22-15-16-12(9-18)8-17(15)7-11-3-5-13(21-2)6-4-11/h3-6,8,10,18H,7,9H2,1-2H3,(H,19,20)/p-1/t10-/m1/s1. The predicted octanol–water partition coefficient (Wildman–Crippen LogP) is 0.663. The highest BCUT2D eigenvalue weighted by Gasteiger charge is 2.13. The third kappa shape index (κ3) is 4.02. The molecule has 1 aromatic carbocycles. The van der Waals surface area contributed by atoms with Crippen LogP contribution < -0.4 is 9.84 Å². The van der Waals surface area contributed by atoms with Crippen LogP contribution in [0.25, 0.3) is 0 Å². The Morgan fingerprint density at radius 3 is 2.68 bits per heavy atom. The predicted molar refractivity (Wildman–Crippen MR) is 80.6 cm³/mol. The van der Waals surface area contributed by atoms with E-state index in [-0.39, 0.29) is 6.61 Å². The smallest absolute Gasteiger partial charge is 0.169 e. The monoisotopic (exact) mass is 321 g/mol. The highest BCUT2D eigenvalue weighted by molar-refractivity contribution is 8.00. The van der Waals surface area contributed by atoms with E-state index in [2.05, 4.69) is 4.98 Å². The van der Waals surface area contributed by atoms with Gasteiger partial charge in [0, 0.05) is 18.0 Å². The third-order valence-electron chi connectivity index (χ3n) is 3.08. The minimum absolute atomic E-state index is 0.192. The number of benzene rings is 1. The summed E-state index contributed by atoms with van der Waals surface area (Å²) in [5, 5.41) is 19.9. The van der Waals surface area contributed by atoms with E-state index in [0.717, 1.165) is 23.1 Å². The van der Waals surface area contributed by atoms with E-state index < -0.39 is 11.2 Å². The number of aromatic nitrogens is 2. The zero-order valence-corrected chi connectivity index (χ0v) is 13.2. The molecule has 118 valence electrons. The Labute approximate surface area is 132 Å². The summed E-state index contributed by atoms with van der Waals surface area (Å²) in [5.74, 6) is -0.375. The van der Waals surface area contributed by atoms with E-state index in [1.165, 1.54) is 0 Å². The van der Waals surface area contributed by atoms with Gasteiger partial charge in [0.15, 0.2) is 5.16 Å². The summed E-state index contributed by atoms with van der Waals surface area (Å²) in [5.41, 5.74) is 1.52. The van der Waals surface area contributed by atoms with Crippen molar-refractivity contribution < 1.29 is 19.7 Å². The van der Waals surface area contributed by atoms with Crippen LogP contribution in [0.15, 0.2) is 35.6 Å². The van der Waals surface area contributed by atoms with Crippen molar-refractivity contribution in [3.63, 3.8) is 0 Å². The Kier molecular flexibility index (Phi) is 5.46. The number of imidazole rings is 1. The lowest BCUT2D eigenvalue weighted by molar-refractivity contribution is -0.304. The van der Waals surface area contributed by atoms with E-state index in [0.29, 0.717) is 17.4 Å². The topological polar surface area (TPSA) is 87.4 Å². The maximum absolute atomic E-state index is 10.9. The van der Waals surface area contributed by atoms with Crippen molar-refractivity contribution in [1.82, 2.24) is 9.55 Å². The van der Waals surface area contributed by atoms with Gasteiger partial charge in [-0.05, 0) is 24.6 Å². The first-order valence-electron chi connectivity index (χ1n) is 6.71. The Bertz CT molecular complexity index is 639. The second-order valence-corrected chi connectivity index (χ2v) is 6.04. The first kappa shape index (κ1) is 16.4. The molecule has 0 fully saturated rings. The molecule has 0 spiro atoms. The van der Waals surface area contributed by atoms with E-state index in [1.807, 2.05) is 28.8 Å². The van der Waals surface area contributed by atoms with Gasteiger partial charge in [-0.15, -0.1) is 0 Å². The lowest BCUT2D eigenvalue weighted by atomic mass is 10.2. The fraction of sp³-hybridized carbons (Fsp3) is 0.333. The van der Waals surface area contributed by atoms with E-state index in [1.54, 1.807) is 20.2 Å². The van der Waals surface area contributed by atoms with Gasteiger partial charge in [-0.3, -0.25) is 0 Å². The Morgan fingerprint density at radius 1 is 1.45 bits per heavy atom. The molecule has 2 aromatic rings. The van der Waals surface area contributed by atoms with Gasteiger partial charge in [0.05, 0.1) is 25.4 Å². The molecule has 6 nitrogen and oxygen atoms in total. The number of rotatable bonds is 7. The molecular weight excluding hydrogens is 304 g/mol. The second kappa shape index (κ2) is 7.33. The Hall–Kier alpha value is -1.99. The zero-order valence-electron chi connectivity index (χ0n) is 12.4. The third-order valence-corrected chi connectivity index (χ3v) is 4.16. The molecule has 0 amide bonds. The van der Waals surface area contributed by atoms with Crippen LogP contribution in [-0.4, -0.2) is 33.0 Å². The van der Waals surface area contributed by atoms with Crippen LogP contribution in [0.4, 0.5) is 0 Å². The number of carbonyl (C=O) groups is 1. The van der Waals surface area contributed by atoms with Crippen LogP contribution in [0.3, 0.4) is 0 Å². The SMILES string of the molecule is COc1ccc(Cn2cc(CO)nc2S[C@H](C)C(=O)[O-])cc1. The Balaban J connectivity index is 2.20. The molecular formula is C15H17N2O4S-. The van der Waals surface area contributed by atoms with Crippen molar-refractivity contribution in [2.24, 2.45) is 0 Å². The van der Waals surface area contributed by atoms with Gasteiger partial charge in [-0.2, -0.15) is 0 Å². The average Bonchev–Trinajstić information content (AvgIpc) is 2.90. The van der Waals surface area contributed by atoms with Gasteiger partial charge in [0.1, 0.15) is 5.75 Å². The molecule has 1 aromatic heterocycles. The van der Waals surface area contributed by atoms with Crippen LogP contribution in [0, 0.1) is 0 Å². The van der Waals surface area contributed by atoms with Gasteiger partial charge < -0.3 is 24.3 Å². The second-order valence-electron chi connectivity index (χ2n) is 4.73. The molecule has 1 N–H and O–H groups in total. The number of hydrogen-bond acceptors (Lipinski definition) is 6. The molecule has 0 aliphatic rings. The van der Waals surface area contributed by atoms with Crippen molar-refractivity contribution in [3.8, 4) is 5.75 Å². The molecule has 7 heteroatoms. The molecule has 2 rings (SSSR count). The number of methoxy groups -OCH3 is 1. The lowest BCUT2D eigenvalue weighted by Gasteiger charge is -2.13. The number of aliphatic carboxylic acids is 1. The van der Waals surface area contributed by atoms with Gasteiger partial charge >= 0.3 is 0 Å². The molecule has 0 saturated heterocycles. The summed E-state index contributed by atoms with van der Waals surface area (Å²) in [6.07, 6.45) is 1.72. The van der Waals surface area contributed by atoms with Crippen molar-refractivity contribution in [3.05, 3.63) is 41.7 Å². The van der Waals surface area contributed by atoms with E-state index in [4.69, 9.17) is 4.74 Å². The molecule has 0 aliphatic heterocycles. The fourth-order valence-corrected chi connectivity index (χ4v) is 2.70. The molecule has 0 aliphatic carbocycles. The summed E-state index contributed by atoms with van der Waals surface area (Å²) in [7, 11) is 1.61.